The second-order valence-electron chi connectivity index (χ2n) is 10.1. The van der Waals surface area contributed by atoms with Crippen molar-refractivity contribution in [2.45, 2.75) is 52.1 Å². The van der Waals surface area contributed by atoms with Gasteiger partial charge in [0.05, 0.1) is 10.6 Å². The molecule has 208 valence electrons. The van der Waals surface area contributed by atoms with Crippen molar-refractivity contribution < 1.29 is 18.0 Å². The van der Waals surface area contributed by atoms with Gasteiger partial charge in [0.15, 0.2) is 0 Å². The first kappa shape index (κ1) is 30.2. The van der Waals surface area contributed by atoms with Gasteiger partial charge in [0.2, 0.25) is 11.8 Å². The maximum absolute atomic E-state index is 14.0. The Labute approximate surface area is 236 Å². The molecule has 0 bridgehead atoms. The molecule has 0 radical (unpaired) electrons. The molecular weight excluding hydrogens is 534 g/mol. The number of benzene rings is 3. The smallest absolute Gasteiger partial charge is 0.264 e. The molecule has 1 N–H and O–H groups in total. The number of hydrogen-bond donors (Lipinski definition) is 1. The number of carbonyl (C=O) groups is 2. The molecular formula is C30H36ClN3O4S. The van der Waals surface area contributed by atoms with Crippen LogP contribution in [0.1, 0.15) is 37.5 Å². The second kappa shape index (κ2) is 13.1. The summed E-state index contributed by atoms with van der Waals surface area (Å²) in [5.41, 5.74) is 2.83. The van der Waals surface area contributed by atoms with Gasteiger partial charge in [-0.15, -0.1) is 0 Å². The van der Waals surface area contributed by atoms with Crippen LogP contribution in [-0.4, -0.2) is 44.3 Å². The normalized spacial score (nSPS) is 12.2. The maximum Gasteiger partial charge on any atom is 0.264 e. The quantitative estimate of drug-likeness (QED) is 0.338. The van der Waals surface area contributed by atoms with Gasteiger partial charge in [-0.1, -0.05) is 79.5 Å². The fraction of sp³-hybridized carbons (Fsp3) is 0.333. The number of amides is 2. The molecule has 39 heavy (non-hydrogen) atoms. The van der Waals surface area contributed by atoms with E-state index in [9.17, 15) is 18.0 Å². The van der Waals surface area contributed by atoms with Gasteiger partial charge in [-0.05, 0) is 62.1 Å². The van der Waals surface area contributed by atoms with E-state index < -0.39 is 28.5 Å². The Kier molecular flexibility index (Phi) is 10.2. The van der Waals surface area contributed by atoms with Crippen LogP contribution in [0.15, 0.2) is 77.7 Å². The SMILES string of the molecule is Cc1ccc(CN(C(=O)CN(c2cc(Cl)ccc2C)S(=O)(=O)c2ccccc2)[C@H](C)C(=O)NCC(C)C)cc1. The third-order valence-corrected chi connectivity index (χ3v) is 8.38. The van der Waals surface area contributed by atoms with E-state index in [0.717, 1.165) is 15.4 Å². The van der Waals surface area contributed by atoms with Gasteiger partial charge in [-0.25, -0.2) is 8.42 Å². The minimum atomic E-state index is -4.14. The summed E-state index contributed by atoms with van der Waals surface area (Å²) in [6.45, 7) is 9.45. The molecule has 0 aliphatic heterocycles. The van der Waals surface area contributed by atoms with Crippen LogP contribution in [0.5, 0.6) is 0 Å². The molecule has 0 saturated carbocycles. The molecule has 3 aromatic rings. The zero-order valence-electron chi connectivity index (χ0n) is 23.0. The van der Waals surface area contributed by atoms with Crippen molar-refractivity contribution >= 4 is 39.1 Å². The first-order chi connectivity index (χ1) is 18.4. The lowest BCUT2D eigenvalue weighted by molar-refractivity contribution is -0.139. The first-order valence-corrected chi connectivity index (χ1v) is 14.7. The number of nitrogens with one attached hydrogen (secondary N) is 1. The van der Waals surface area contributed by atoms with E-state index in [0.29, 0.717) is 22.8 Å². The summed E-state index contributed by atoms with van der Waals surface area (Å²) < 4.78 is 28.8. The summed E-state index contributed by atoms with van der Waals surface area (Å²) in [5, 5.41) is 3.23. The number of anilines is 1. The molecule has 1 atom stereocenters. The Morgan fingerprint density at radius 1 is 0.923 bits per heavy atom. The largest absolute Gasteiger partial charge is 0.354 e. The third-order valence-electron chi connectivity index (χ3n) is 6.38. The average Bonchev–Trinajstić information content (AvgIpc) is 2.91. The number of sulfonamides is 1. The molecule has 3 rings (SSSR count). The van der Waals surface area contributed by atoms with Crippen LogP contribution in [-0.2, 0) is 26.2 Å². The van der Waals surface area contributed by atoms with E-state index in [4.69, 9.17) is 11.6 Å². The van der Waals surface area contributed by atoms with Crippen LogP contribution in [0.4, 0.5) is 5.69 Å². The van der Waals surface area contributed by atoms with E-state index in [2.05, 4.69) is 5.32 Å². The van der Waals surface area contributed by atoms with Gasteiger partial charge >= 0.3 is 0 Å². The predicted molar refractivity (Wildman–Crippen MR) is 156 cm³/mol. The van der Waals surface area contributed by atoms with E-state index in [-0.39, 0.29) is 23.3 Å². The zero-order valence-corrected chi connectivity index (χ0v) is 24.6. The summed E-state index contributed by atoms with van der Waals surface area (Å²) in [6.07, 6.45) is 0. The topological polar surface area (TPSA) is 86.8 Å². The number of aryl methyl sites for hydroxylation is 2. The van der Waals surface area contributed by atoms with E-state index in [1.165, 1.54) is 23.1 Å². The molecule has 0 fully saturated rings. The van der Waals surface area contributed by atoms with Crippen molar-refractivity contribution in [2.75, 3.05) is 17.4 Å². The molecule has 3 aromatic carbocycles. The van der Waals surface area contributed by atoms with Gasteiger partial charge < -0.3 is 10.2 Å². The third kappa shape index (κ3) is 7.83. The van der Waals surface area contributed by atoms with Gasteiger partial charge in [-0.3, -0.25) is 13.9 Å². The number of nitrogens with zero attached hydrogens (tertiary/aromatic N) is 2. The minimum Gasteiger partial charge on any atom is -0.354 e. The highest BCUT2D eigenvalue weighted by atomic mass is 35.5. The highest BCUT2D eigenvalue weighted by Crippen LogP contribution is 2.30. The van der Waals surface area contributed by atoms with Crippen LogP contribution in [0.25, 0.3) is 0 Å². The van der Waals surface area contributed by atoms with Crippen molar-refractivity contribution in [3.63, 3.8) is 0 Å². The number of halogens is 1. The summed E-state index contributed by atoms with van der Waals surface area (Å²) >= 11 is 6.26. The Morgan fingerprint density at radius 2 is 1.56 bits per heavy atom. The molecule has 0 unspecified atom stereocenters. The number of hydrogen-bond acceptors (Lipinski definition) is 4. The van der Waals surface area contributed by atoms with Crippen molar-refractivity contribution in [2.24, 2.45) is 5.92 Å². The lowest BCUT2D eigenvalue weighted by Gasteiger charge is -2.32. The lowest BCUT2D eigenvalue weighted by atomic mass is 10.1. The van der Waals surface area contributed by atoms with Crippen molar-refractivity contribution in [3.8, 4) is 0 Å². The summed E-state index contributed by atoms with van der Waals surface area (Å²) in [4.78, 5) is 28.5. The molecule has 0 aliphatic carbocycles. The van der Waals surface area contributed by atoms with Gasteiger partial charge in [0.1, 0.15) is 12.6 Å². The van der Waals surface area contributed by atoms with E-state index >= 15 is 0 Å². The molecule has 0 saturated heterocycles. The van der Waals surface area contributed by atoms with Gasteiger partial charge in [0.25, 0.3) is 10.0 Å². The standard InChI is InChI=1S/C30H36ClN3O4S/c1-21(2)18-32-30(36)24(5)33(19-25-14-11-22(3)12-15-25)29(35)20-34(28-17-26(31)16-13-23(28)4)39(37,38)27-9-7-6-8-10-27/h6-17,21,24H,18-20H2,1-5H3,(H,32,36)/t24-/m1/s1. The highest BCUT2D eigenvalue weighted by Gasteiger charge is 2.33. The molecule has 7 nitrogen and oxygen atoms in total. The van der Waals surface area contributed by atoms with Crippen molar-refractivity contribution in [1.82, 2.24) is 10.2 Å². The van der Waals surface area contributed by atoms with Crippen molar-refractivity contribution in [1.29, 1.82) is 0 Å². The van der Waals surface area contributed by atoms with Crippen LogP contribution < -0.4 is 9.62 Å². The fourth-order valence-electron chi connectivity index (χ4n) is 4.01. The summed E-state index contributed by atoms with van der Waals surface area (Å²) in [5.74, 6) is -0.582. The molecule has 0 aromatic heterocycles. The average molecular weight is 570 g/mol. The van der Waals surface area contributed by atoms with Crippen LogP contribution >= 0.6 is 11.6 Å². The monoisotopic (exact) mass is 569 g/mol. The second-order valence-corrected chi connectivity index (χ2v) is 12.4. The Bertz CT molecular complexity index is 1390. The van der Waals surface area contributed by atoms with Crippen LogP contribution in [0.3, 0.4) is 0 Å². The number of carbonyl (C=O) groups excluding carboxylic acids is 2. The number of rotatable bonds is 11. The lowest BCUT2D eigenvalue weighted by Crippen LogP contribution is -2.51. The Hall–Kier alpha value is -3.36. The zero-order chi connectivity index (χ0) is 28.7. The van der Waals surface area contributed by atoms with E-state index in [1.54, 1.807) is 44.2 Å². The molecule has 0 heterocycles. The van der Waals surface area contributed by atoms with Crippen molar-refractivity contribution in [3.05, 3.63) is 94.5 Å². The summed E-state index contributed by atoms with van der Waals surface area (Å²) in [6, 6.07) is 19.7. The van der Waals surface area contributed by atoms with Gasteiger partial charge in [-0.2, -0.15) is 0 Å². The first-order valence-electron chi connectivity index (χ1n) is 12.9. The Balaban J connectivity index is 2.03. The molecule has 9 heteroatoms. The maximum atomic E-state index is 14.0. The minimum absolute atomic E-state index is 0.0463. The molecule has 0 aliphatic rings. The Morgan fingerprint density at radius 3 is 2.18 bits per heavy atom. The summed E-state index contributed by atoms with van der Waals surface area (Å²) in [7, 11) is -4.14. The van der Waals surface area contributed by atoms with Crippen LogP contribution in [0, 0.1) is 19.8 Å². The van der Waals surface area contributed by atoms with Gasteiger partial charge in [0, 0.05) is 18.1 Å². The molecule has 0 spiro atoms. The predicted octanol–water partition coefficient (Wildman–Crippen LogP) is 5.34. The highest BCUT2D eigenvalue weighted by molar-refractivity contribution is 7.92. The molecule has 2 amide bonds. The van der Waals surface area contributed by atoms with Crippen LogP contribution in [0.2, 0.25) is 5.02 Å². The fourth-order valence-corrected chi connectivity index (χ4v) is 5.67. The van der Waals surface area contributed by atoms with E-state index in [1.807, 2.05) is 45.0 Å².